The number of ether oxygens (including phenoxy) is 1. The lowest BCUT2D eigenvalue weighted by Crippen LogP contribution is -2.47. The van der Waals surface area contributed by atoms with Crippen LogP contribution >= 0.6 is 0 Å². The largest absolute Gasteiger partial charge is 0.376 e. The first-order valence-corrected chi connectivity index (χ1v) is 8.57. The maximum atomic E-state index is 12.2. The van der Waals surface area contributed by atoms with Crippen LogP contribution in [0, 0.1) is 0 Å². The zero-order valence-corrected chi connectivity index (χ0v) is 13.4. The molecule has 1 saturated carbocycles. The minimum Gasteiger partial charge on any atom is -0.376 e. The summed E-state index contributed by atoms with van der Waals surface area (Å²) in [5.41, 5.74) is 5.98. The average molecular weight is 297 g/mol. The molecule has 2 aliphatic rings. The van der Waals surface area contributed by atoms with Crippen molar-refractivity contribution in [1.29, 1.82) is 0 Å². The van der Waals surface area contributed by atoms with E-state index in [1.54, 1.807) is 0 Å². The smallest absolute Gasteiger partial charge is 0.234 e. The van der Waals surface area contributed by atoms with Crippen LogP contribution in [0.2, 0.25) is 0 Å². The molecule has 1 amide bonds. The summed E-state index contributed by atoms with van der Waals surface area (Å²) in [6.07, 6.45) is 7.91. The van der Waals surface area contributed by atoms with Crippen molar-refractivity contribution in [3.63, 3.8) is 0 Å². The molecule has 0 aromatic heterocycles. The van der Waals surface area contributed by atoms with E-state index in [-0.39, 0.29) is 12.0 Å². The van der Waals surface area contributed by atoms with Gasteiger partial charge in [-0.2, -0.15) is 0 Å². The van der Waals surface area contributed by atoms with Crippen molar-refractivity contribution in [1.82, 2.24) is 10.2 Å². The summed E-state index contributed by atoms with van der Waals surface area (Å²) in [5, 5.41) is 3.03. The van der Waals surface area contributed by atoms with Gasteiger partial charge >= 0.3 is 0 Å². The number of nitrogens with two attached hydrogens (primary N) is 1. The van der Waals surface area contributed by atoms with Gasteiger partial charge in [-0.25, -0.2) is 0 Å². The topological polar surface area (TPSA) is 67.6 Å². The normalized spacial score (nSPS) is 29.8. The van der Waals surface area contributed by atoms with Crippen molar-refractivity contribution < 1.29 is 9.53 Å². The van der Waals surface area contributed by atoms with Crippen molar-refractivity contribution in [3.8, 4) is 0 Å². The maximum absolute atomic E-state index is 12.2. The molecule has 0 aromatic rings. The van der Waals surface area contributed by atoms with Crippen LogP contribution in [0.5, 0.6) is 0 Å². The van der Waals surface area contributed by atoms with Crippen LogP contribution < -0.4 is 11.1 Å². The lowest BCUT2D eigenvalue weighted by atomic mass is 9.90. The molecule has 21 heavy (non-hydrogen) atoms. The number of hydrogen-bond donors (Lipinski definition) is 2. The van der Waals surface area contributed by atoms with Gasteiger partial charge in [-0.1, -0.05) is 6.92 Å². The zero-order chi connectivity index (χ0) is 15.1. The van der Waals surface area contributed by atoms with E-state index in [2.05, 4.69) is 17.1 Å². The number of amides is 1. The first-order valence-electron chi connectivity index (χ1n) is 8.57. The molecule has 5 nitrogen and oxygen atoms in total. The Morgan fingerprint density at radius 1 is 1.29 bits per heavy atom. The van der Waals surface area contributed by atoms with E-state index in [4.69, 9.17) is 10.5 Å². The molecule has 0 spiro atoms. The van der Waals surface area contributed by atoms with Crippen LogP contribution in [-0.2, 0) is 9.53 Å². The lowest BCUT2D eigenvalue weighted by Gasteiger charge is -2.35. The average Bonchev–Trinajstić information content (AvgIpc) is 2.99. The highest BCUT2D eigenvalue weighted by molar-refractivity contribution is 5.78. The van der Waals surface area contributed by atoms with Crippen molar-refractivity contribution in [2.24, 2.45) is 5.73 Å². The number of hydrogen-bond acceptors (Lipinski definition) is 4. The molecule has 122 valence electrons. The fraction of sp³-hybridized carbons (Fsp3) is 0.938. The molecule has 1 saturated heterocycles. The van der Waals surface area contributed by atoms with Crippen LogP contribution in [0.25, 0.3) is 0 Å². The molecule has 0 bridgehead atoms. The molecule has 5 heteroatoms. The van der Waals surface area contributed by atoms with Gasteiger partial charge in [0.05, 0.1) is 12.6 Å². The highest BCUT2D eigenvalue weighted by Gasteiger charge is 2.25. The van der Waals surface area contributed by atoms with Crippen LogP contribution in [0.1, 0.15) is 51.9 Å². The molecule has 0 radical (unpaired) electrons. The molecule has 1 unspecified atom stereocenters. The number of rotatable bonds is 7. The summed E-state index contributed by atoms with van der Waals surface area (Å²) >= 11 is 0. The Labute approximate surface area is 128 Å². The van der Waals surface area contributed by atoms with E-state index in [9.17, 15) is 4.79 Å². The van der Waals surface area contributed by atoms with Crippen LogP contribution in [0.15, 0.2) is 0 Å². The third-order valence-corrected chi connectivity index (χ3v) is 4.67. The Balaban J connectivity index is 1.73. The van der Waals surface area contributed by atoms with Gasteiger partial charge in [0.1, 0.15) is 0 Å². The van der Waals surface area contributed by atoms with Crippen molar-refractivity contribution in [3.05, 3.63) is 0 Å². The monoisotopic (exact) mass is 297 g/mol. The van der Waals surface area contributed by atoms with Gasteiger partial charge in [0, 0.05) is 25.2 Å². The molecule has 1 heterocycles. The first-order chi connectivity index (χ1) is 10.2. The van der Waals surface area contributed by atoms with Gasteiger partial charge in [0.2, 0.25) is 5.91 Å². The molecule has 2 fully saturated rings. The predicted octanol–water partition coefficient (Wildman–Crippen LogP) is 1.26. The van der Waals surface area contributed by atoms with Crippen molar-refractivity contribution >= 4 is 5.91 Å². The molecule has 2 rings (SSSR count). The highest BCUT2D eigenvalue weighted by Crippen LogP contribution is 2.22. The molecule has 0 aromatic carbocycles. The zero-order valence-electron chi connectivity index (χ0n) is 13.4. The Morgan fingerprint density at radius 2 is 2.05 bits per heavy atom. The van der Waals surface area contributed by atoms with Gasteiger partial charge in [-0.15, -0.1) is 0 Å². The predicted molar refractivity (Wildman–Crippen MR) is 84.1 cm³/mol. The second-order valence-electron chi connectivity index (χ2n) is 6.48. The van der Waals surface area contributed by atoms with Crippen LogP contribution in [0.3, 0.4) is 0 Å². The number of nitrogens with one attached hydrogen (secondary N) is 1. The molecule has 1 atom stereocenters. The molecule has 1 aliphatic heterocycles. The lowest BCUT2D eigenvalue weighted by molar-refractivity contribution is -0.123. The van der Waals surface area contributed by atoms with Gasteiger partial charge in [-0.05, 0) is 51.5 Å². The number of nitrogens with zero attached hydrogens (tertiary/aromatic N) is 1. The second kappa shape index (κ2) is 8.71. The van der Waals surface area contributed by atoms with Crippen molar-refractivity contribution in [2.45, 2.75) is 70.1 Å². The van der Waals surface area contributed by atoms with Crippen LogP contribution in [0.4, 0.5) is 0 Å². The van der Waals surface area contributed by atoms with E-state index in [1.807, 2.05) is 0 Å². The quantitative estimate of drug-likeness (QED) is 0.742. The van der Waals surface area contributed by atoms with Gasteiger partial charge < -0.3 is 15.8 Å². The molecular formula is C16H31N3O2. The van der Waals surface area contributed by atoms with E-state index < -0.39 is 0 Å². The third-order valence-electron chi connectivity index (χ3n) is 4.67. The summed E-state index contributed by atoms with van der Waals surface area (Å²) < 4.78 is 5.54. The summed E-state index contributed by atoms with van der Waals surface area (Å²) in [6.45, 7) is 5.18. The van der Waals surface area contributed by atoms with E-state index in [1.165, 1.54) is 0 Å². The van der Waals surface area contributed by atoms with E-state index in [0.29, 0.717) is 25.2 Å². The Hall–Kier alpha value is -0.650. The minimum absolute atomic E-state index is 0.133. The standard InChI is InChI=1S/C16H31N3O2/c1-2-9-19(14-7-5-13(17)6-8-14)12-16(20)18-11-15-4-3-10-21-15/h13-15H,2-12,17H2,1H3,(H,18,20). The third kappa shape index (κ3) is 5.57. The Kier molecular flexibility index (Phi) is 6.93. The fourth-order valence-corrected chi connectivity index (χ4v) is 3.42. The molecule has 3 N–H and O–H groups in total. The minimum atomic E-state index is 0.133. The van der Waals surface area contributed by atoms with E-state index >= 15 is 0 Å². The summed E-state index contributed by atoms with van der Waals surface area (Å²) in [6, 6.07) is 0.885. The van der Waals surface area contributed by atoms with E-state index in [0.717, 1.165) is 58.1 Å². The Bertz CT molecular complexity index is 311. The summed E-state index contributed by atoms with van der Waals surface area (Å²) in [4.78, 5) is 14.5. The van der Waals surface area contributed by atoms with Gasteiger partial charge in [-0.3, -0.25) is 9.69 Å². The van der Waals surface area contributed by atoms with Crippen LogP contribution in [-0.4, -0.2) is 55.2 Å². The van der Waals surface area contributed by atoms with Crippen molar-refractivity contribution in [2.75, 3.05) is 26.2 Å². The second-order valence-corrected chi connectivity index (χ2v) is 6.48. The number of carbonyl (C=O) groups excluding carboxylic acids is 1. The highest BCUT2D eigenvalue weighted by atomic mass is 16.5. The summed E-state index contributed by atoms with van der Waals surface area (Å²) in [5.74, 6) is 0.133. The SMILES string of the molecule is CCCN(CC(=O)NCC1CCCO1)C1CCC(N)CC1. The van der Waals surface area contributed by atoms with Gasteiger partial charge in [0.15, 0.2) is 0 Å². The Morgan fingerprint density at radius 3 is 2.67 bits per heavy atom. The van der Waals surface area contributed by atoms with Gasteiger partial charge in [0.25, 0.3) is 0 Å². The fourth-order valence-electron chi connectivity index (χ4n) is 3.42. The first kappa shape index (κ1) is 16.7. The summed E-state index contributed by atoms with van der Waals surface area (Å²) in [7, 11) is 0. The maximum Gasteiger partial charge on any atom is 0.234 e. The molecular weight excluding hydrogens is 266 g/mol. The molecule has 1 aliphatic carbocycles. The number of carbonyl (C=O) groups is 1.